The summed E-state index contributed by atoms with van der Waals surface area (Å²) in [5.74, 6) is -1.96. The Hall–Kier alpha value is -1.67. The van der Waals surface area contributed by atoms with E-state index in [0.717, 1.165) is 13.8 Å². The topological polar surface area (TPSA) is 108 Å². The SMILES string of the molecule is CC(=O)OC1C(OC(C)=O)[C@@H](O)OC(C)[C@H]1OC(C)=O. The molecule has 20 heavy (non-hydrogen) atoms. The molecule has 1 aliphatic heterocycles. The Bertz CT molecular complexity index is 365. The molecule has 1 fully saturated rings. The minimum atomic E-state index is -1.48. The van der Waals surface area contributed by atoms with Gasteiger partial charge < -0.3 is 24.1 Å². The third-order valence-corrected chi connectivity index (χ3v) is 2.65. The molecular weight excluding hydrogens is 272 g/mol. The van der Waals surface area contributed by atoms with Gasteiger partial charge in [-0.3, -0.25) is 14.4 Å². The summed E-state index contributed by atoms with van der Waals surface area (Å²) in [6.07, 6.45) is -5.60. The lowest BCUT2D eigenvalue weighted by molar-refractivity contribution is -0.288. The minimum Gasteiger partial charge on any atom is -0.456 e. The highest BCUT2D eigenvalue weighted by molar-refractivity contribution is 5.68. The second kappa shape index (κ2) is 6.67. The van der Waals surface area contributed by atoms with Crippen LogP contribution in [-0.2, 0) is 33.3 Å². The molecule has 8 heteroatoms. The third-order valence-electron chi connectivity index (χ3n) is 2.65. The Labute approximate surface area is 115 Å². The van der Waals surface area contributed by atoms with Crippen molar-refractivity contribution in [1.29, 1.82) is 0 Å². The molecule has 1 saturated heterocycles. The van der Waals surface area contributed by atoms with Crippen LogP contribution in [0.2, 0.25) is 0 Å². The second-order valence-electron chi connectivity index (χ2n) is 4.45. The normalized spacial score (nSPS) is 33.1. The van der Waals surface area contributed by atoms with Crippen LogP contribution in [-0.4, -0.2) is 53.7 Å². The second-order valence-corrected chi connectivity index (χ2v) is 4.45. The van der Waals surface area contributed by atoms with Crippen molar-refractivity contribution in [1.82, 2.24) is 0 Å². The summed E-state index contributed by atoms with van der Waals surface area (Å²) in [6, 6.07) is 0. The maximum absolute atomic E-state index is 11.2. The Morgan fingerprint density at radius 2 is 1.25 bits per heavy atom. The molecule has 0 spiro atoms. The number of carbonyl (C=O) groups excluding carboxylic acids is 3. The van der Waals surface area contributed by atoms with Crippen molar-refractivity contribution in [3.63, 3.8) is 0 Å². The van der Waals surface area contributed by atoms with Gasteiger partial charge in [-0.25, -0.2) is 0 Å². The number of aliphatic hydroxyl groups is 1. The molecule has 0 aliphatic carbocycles. The van der Waals surface area contributed by atoms with Gasteiger partial charge in [0.25, 0.3) is 0 Å². The van der Waals surface area contributed by atoms with Crippen LogP contribution in [0.15, 0.2) is 0 Å². The van der Waals surface area contributed by atoms with Gasteiger partial charge in [0, 0.05) is 20.8 Å². The highest BCUT2D eigenvalue weighted by Gasteiger charge is 2.49. The van der Waals surface area contributed by atoms with Crippen molar-refractivity contribution in [2.75, 3.05) is 0 Å². The van der Waals surface area contributed by atoms with Crippen molar-refractivity contribution in [3.05, 3.63) is 0 Å². The van der Waals surface area contributed by atoms with Crippen LogP contribution in [0.1, 0.15) is 27.7 Å². The predicted octanol–water partition coefficient (Wildman–Crippen LogP) is -0.481. The average Bonchev–Trinajstić information content (AvgIpc) is 2.27. The van der Waals surface area contributed by atoms with Crippen molar-refractivity contribution >= 4 is 17.9 Å². The molecule has 8 nitrogen and oxygen atoms in total. The molecule has 1 rings (SSSR count). The van der Waals surface area contributed by atoms with E-state index in [9.17, 15) is 19.5 Å². The van der Waals surface area contributed by atoms with Crippen molar-refractivity contribution in [2.45, 2.75) is 58.4 Å². The van der Waals surface area contributed by atoms with Crippen LogP contribution in [0.5, 0.6) is 0 Å². The smallest absolute Gasteiger partial charge is 0.303 e. The molecule has 0 bridgehead atoms. The number of ether oxygens (including phenoxy) is 4. The molecule has 0 aromatic carbocycles. The van der Waals surface area contributed by atoms with E-state index in [-0.39, 0.29) is 0 Å². The van der Waals surface area contributed by atoms with Crippen LogP contribution >= 0.6 is 0 Å². The highest BCUT2D eigenvalue weighted by Crippen LogP contribution is 2.27. The lowest BCUT2D eigenvalue weighted by atomic mass is 9.99. The number of rotatable bonds is 3. The minimum absolute atomic E-state index is 0.611. The van der Waals surface area contributed by atoms with Gasteiger partial charge in [-0.05, 0) is 6.92 Å². The monoisotopic (exact) mass is 290 g/mol. The molecule has 1 heterocycles. The van der Waals surface area contributed by atoms with E-state index in [0.29, 0.717) is 0 Å². The Morgan fingerprint density at radius 3 is 1.70 bits per heavy atom. The fourth-order valence-corrected chi connectivity index (χ4v) is 1.99. The van der Waals surface area contributed by atoms with Crippen LogP contribution in [0.3, 0.4) is 0 Å². The first kappa shape index (κ1) is 16.4. The number of esters is 3. The Kier molecular flexibility index (Phi) is 5.46. The largest absolute Gasteiger partial charge is 0.456 e. The molecule has 0 radical (unpaired) electrons. The average molecular weight is 290 g/mol. The van der Waals surface area contributed by atoms with E-state index in [1.165, 1.54) is 13.8 Å². The molecule has 5 atom stereocenters. The zero-order chi connectivity index (χ0) is 15.4. The number of hydrogen-bond donors (Lipinski definition) is 1. The first-order valence-corrected chi connectivity index (χ1v) is 6.07. The summed E-state index contributed by atoms with van der Waals surface area (Å²) < 4.78 is 20.1. The predicted molar refractivity (Wildman–Crippen MR) is 63.2 cm³/mol. The van der Waals surface area contributed by atoms with E-state index in [1.807, 2.05) is 0 Å². The van der Waals surface area contributed by atoms with Crippen LogP contribution in [0, 0.1) is 0 Å². The van der Waals surface area contributed by atoms with Gasteiger partial charge in [0.15, 0.2) is 24.6 Å². The summed E-state index contributed by atoms with van der Waals surface area (Å²) >= 11 is 0. The molecule has 3 unspecified atom stereocenters. The summed E-state index contributed by atoms with van der Waals surface area (Å²) in [6.45, 7) is 5.01. The van der Waals surface area contributed by atoms with Gasteiger partial charge in [0.1, 0.15) is 0 Å². The Balaban J connectivity index is 3.01. The zero-order valence-corrected chi connectivity index (χ0v) is 11.7. The Morgan fingerprint density at radius 1 is 0.850 bits per heavy atom. The molecule has 1 aliphatic rings. The van der Waals surface area contributed by atoms with E-state index in [4.69, 9.17) is 18.9 Å². The van der Waals surface area contributed by atoms with Crippen LogP contribution in [0.4, 0.5) is 0 Å². The van der Waals surface area contributed by atoms with E-state index in [2.05, 4.69) is 0 Å². The number of carbonyl (C=O) groups is 3. The van der Waals surface area contributed by atoms with Gasteiger partial charge in [-0.1, -0.05) is 0 Å². The van der Waals surface area contributed by atoms with E-state index in [1.54, 1.807) is 0 Å². The van der Waals surface area contributed by atoms with Gasteiger partial charge in [0.05, 0.1) is 6.10 Å². The third kappa shape index (κ3) is 4.17. The maximum Gasteiger partial charge on any atom is 0.303 e. The molecule has 0 aromatic rings. The fourth-order valence-electron chi connectivity index (χ4n) is 1.99. The number of hydrogen-bond acceptors (Lipinski definition) is 8. The van der Waals surface area contributed by atoms with E-state index < -0.39 is 48.6 Å². The standard InChI is InChI=1S/C12H18O8/c1-5-9(18-6(2)13)10(19-7(3)14)11(12(16)17-5)20-8(4)15/h5,9-12,16H,1-4H3/t5?,9-,10?,11?,12+/m1/s1. The molecule has 0 amide bonds. The lowest BCUT2D eigenvalue weighted by Gasteiger charge is -2.41. The lowest BCUT2D eigenvalue weighted by Crippen LogP contribution is -2.60. The molecule has 0 aromatic heterocycles. The quantitative estimate of drug-likeness (QED) is 0.548. The first-order chi connectivity index (χ1) is 9.22. The maximum atomic E-state index is 11.2. The van der Waals surface area contributed by atoms with Gasteiger partial charge >= 0.3 is 17.9 Å². The zero-order valence-electron chi connectivity index (χ0n) is 11.7. The summed E-state index contributed by atoms with van der Waals surface area (Å²) in [4.78, 5) is 33.3. The first-order valence-electron chi connectivity index (χ1n) is 6.07. The van der Waals surface area contributed by atoms with Gasteiger partial charge in [-0.2, -0.15) is 0 Å². The summed E-state index contributed by atoms with van der Waals surface area (Å²) in [7, 11) is 0. The molecule has 114 valence electrons. The van der Waals surface area contributed by atoms with Crippen LogP contribution in [0.25, 0.3) is 0 Å². The number of aliphatic hydroxyl groups excluding tert-OH is 1. The molecule has 0 saturated carbocycles. The van der Waals surface area contributed by atoms with Gasteiger partial charge in [0.2, 0.25) is 0 Å². The van der Waals surface area contributed by atoms with Gasteiger partial charge in [-0.15, -0.1) is 0 Å². The van der Waals surface area contributed by atoms with Crippen LogP contribution < -0.4 is 0 Å². The highest BCUT2D eigenvalue weighted by atomic mass is 16.7. The summed E-state index contributed by atoms with van der Waals surface area (Å²) in [5.41, 5.74) is 0. The molecular formula is C12H18O8. The van der Waals surface area contributed by atoms with Crippen molar-refractivity contribution in [2.24, 2.45) is 0 Å². The van der Waals surface area contributed by atoms with E-state index >= 15 is 0 Å². The van der Waals surface area contributed by atoms with Crippen molar-refractivity contribution in [3.8, 4) is 0 Å². The summed E-state index contributed by atoms with van der Waals surface area (Å²) in [5, 5.41) is 9.79. The molecule has 1 N–H and O–H groups in total. The fraction of sp³-hybridized carbons (Fsp3) is 0.750. The van der Waals surface area contributed by atoms with Crippen molar-refractivity contribution < 1.29 is 38.4 Å².